The van der Waals surface area contributed by atoms with Crippen molar-refractivity contribution in [1.82, 2.24) is 10.2 Å². The monoisotopic (exact) mass is 332 g/mol. The van der Waals surface area contributed by atoms with Gasteiger partial charge in [0.2, 0.25) is 5.91 Å². The normalized spacial score (nSPS) is 16.6. The summed E-state index contributed by atoms with van der Waals surface area (Å²) in [5.41, 5.74) is 1.45. The van der Waals surface area contributed by atoms with E-state index in [2.05, 4.69) is 28.6 Å². The van der Waals surface area contributed by atoms with E-state index in [-0.39, 0.29) is 5.91 Å². The second kappa shape index (κ2) is 7.22. The van der Waals surface area contributed by atoms with Gasteiger partial charge in [0.1, 0.15) is 0 Å². The van der Waals surface area contributed by atoms with Crippen molar-refractivity contribution in [2.24, 2.45) is 0 Å². The number of nitrogens with one attached hydrogen (secondary N) is 1. The molecule has 2 aromatic heterocycles. The summed E-state index contributed by atoms with van der Waals surface area (Å²) < 4.78 is 0. The zero-order valence-corrected chi connectivity index (χ0v) is 14.3. The van der Waals surface area contributed by atoms with Crippen molar-refractivity contribution >= 4 is 34.7 Å². The molecule has 2 aromatic rings. The van der Waals surface area contributed by atoms with Crippen LogP contribution < -0.4 is 5.32 Å². The second-order valence-electron chi connectivity index (χ2n) is 5.53. The van der Waals surface area contributed by atoms with E-state index in [4.69, 9.17) is 0 Å². The van der Waals surface area contributed by atoms with Crippen molar-refractivity contribution in [3.8, 4) is 0 Å². The van der Waals surface area contributed by atoms with Crippen LogP contribution in [0.4, 0.5) is 0 Å². The van der Waals surface area contributed by atoms with Crippen LogP contribution >= 0.6 is 22.7 Å². The smallest absolute Gasteiger partial charge is 0.244 e. The lowest BCUT2D eigenvalue weighted by Crippen LogP contribution is -2.43. The molecule has 0 saturated heterocycles. The van der Waals surface area contributed by atoms with Gasteiger partial charge in [0.25, 0.3) is 0 Å². The molecule has 0 aromatic carbocycles. The maximum atomic E-state index is 11.9. The van der Waals surface area contributed by atoms with Gasteiger partial charge in [0.05, 0.1) is 0 Å². The van der Waals surface area contributed by atoms with E-state index in [0.29, 0.717) is 12.6 Å². The van der Waals surface area contributed by atoms with Gasteiger partial charge in [-0.1, -0.05) is 6.07 Å². The number of rotatable bonds is 5. The molecule has 22 heavy (non-hydrogen) atoms. The molecule has 3 rings (SSSR count). The Bertz CT molecular complexity index is 645. The van der Waals surface area contributed by atoms with Crippen molar-refractivity contribution in [2.45, 2.75) is 25.9 Å². The Kier molecular flexibility index (Phi) is 5.08. The molecule has 1 unspecified atom stereocenters. The Morgan fingerprint density at radius 1 is 1.41 bits per heavy atom. The highest BCUT2D eigenvalue weighted by Gasteiger charge is 2.21. The zero-order valence-electron chi connectivity index (χ0n) is 12.6. The average molecular weight is 332 g/mol. The summed E-state index contributed by atoms with van der Waals surface area (Å²) in [5, 5.41) is 7.18. The predicted molar refractivity (Wildman–Crippen MR) is 94.3 cm³/mol. The maximum Gasteiger partial charge on any atom is 0.244 e. The molecule has 116 valence electrons. The van der Waals surface area contributed by atoms with Crippen molar-refractivity contribution < 1.29 is 4.79 Å². The van der Waals surface area contributed by atoms with Crippen molar-refractivity contribution in [3.05, 3.63) is 50.4 Å². The van der Waals surface area contributed by atoms with Crippen LogP contribution in [-0.4, -0.2) is 29.9 Å². The topological polar surface area (TPSA) is 32.3 Å². The molecule has 1 aliphatic heterocycles. The zero-order chi connectivity index (χ0) is 15.4. The molecule has 0 fully saturated rings. The number of carbonyl (C=O) groups is 1. The lowest BCUT2D eigenvalue weighted by molar-refractivity contribution is -0.116. The summed E-state index contributed by atoms with van der Waals surface area (Å²) in [7, 11) is 0. The second-order valence-corrected chi connectivity index (χ2v) is 7.51. The quantitative estimate of drug-likeness (QED) is 0.851. The van der Waals surface area contributed by atoms with Gasteiger partial charge in [-0.15, -0.1) is 22.7 Å². The van der Waals surface area contributed by atoms with Crippen molar-refractivity contribution in [1.29, 1.82) is 0 Å². The van der Waals surface area contributed by atoms with Crippen molar-refractivity contribution in [3.63, 3.8) is 0 Å². The molecule has 1 aliphatic rings. The fourth-order valence-corrected chi connectivity index (χ4v) is 4.13. The third-order valence-electron chi connectivity index (χ3n) is 3.97. The molecule has 3 nitrogen and oxygen atoms in total. The SMILES string of the molecule is CC(CNC(=O)C=Cc1cccs1)N1CCc2sccc2C1. The van der Waals surface area contributed by atoms with Gasteiger partial charge in [0, 0.05) is 41.5 Å². The fraction of sp³-hybridized carbons (Fsp3) is 0.353. The molecule has 1 atom stereocenters. The van der Waals surface area contributed by atoms with Gasteiger partial charge in [-0.2, -0.15) is 0 Å². The van der Waals surface area contributed by atoms with Crippen LogP contribution in [0.2, 0.25) is 0 Å². The first-order chi connectivity index (χ1) is 10.7. The summed E-state index contributed by atoms with van der Waals surface area (Å²) in [6.45, 7) is 4.95. The van der Waals surface area contributed by atoms with E-state index in [9.17, 15) is 4.79 Å². The Labute approximate surface area is 139 Å². The van der Waals surface area contributed by atoms with E-state index < -0.39 is 0 Å². The first kappa shape index (κ1) is 15.5. The van der Waals surface area contributed by atoms with Crippen LogP contribution in [0.5, 0.6) is 0 Å². The third kappa shape index (κ3) is 3.85. The summed E-state index contributed by atoms with van der Waals surface area (Å²) >= 11 is 3.49. The lowest BCUT2D eigenvalue weighted by Gasteiger charge is -2.32. The Morgan fingerprint density at radius 2 is 2.32 bits per heavy atom. The Balaban J connectivity index is 1.46. The number of fused-ring (bicyclic) bond motifs is 1. The molecule has 3 heterocycles. The minimum Gasteiger partial charge on any atom is -0.351 e. The molecule has 0 aliphatic carbocycles. The third-order valence-corrected chi connectivity index (χ3v) is 5.83. The first-order valence-electron chi connectivity index (χ1n) is 7.51. The summed E-state index contributed by atoms with van der Waals surface area (Å²) in [6, 6.07) is 6.57. The van der Waals surface area contributed by atoms with Crippen LogP contribution in [0, 0.1) is 0 Å². The predicted octanol–water partition coefficient (Wildman–Crippen LogP) is 3.39. The van der Waals surface area contributed by atoms with Crippen LogP contribution in [0.1, 0.15) is 22.2 Å². The van der Waals surface area contributed by atoms with E-state index in [1.165, 1.54) is 10.4 Å². The number of nitrogens with zero attached hydrogens (tertiary/aromatic N) is 1. The molecule has 1 N–H and O–H groups in total. The highest BCUT2D eigenvalue weighted by atomic mass is 32.1. The lowest BCUT2D eigenvalue weighted by atomic mass is 10.1. The minimum absolute atomic E-state index is 0.0199. The number of hydrogen-bond donors (Lipinski definition) is 1. The van der Waals surface area contributed by atoms with E-state index >= 15 is 0 Å². The summed E-state index contributed by atoms with van der Waals surface area (Å²) in [4.78, 5) is 16.9. The molecule has 0 saturated carbocycles. The summed E-state index contributed by atoms with van der Waals surface area (Å²) in [5.74, 6) is -0.0199. The standard InChI is InChI=1S/C17H20N2OS2/c1-13(19-8-6-16-14(12-19)7-10-22-16)11-18-17(20)5-4-15-3-2-9-21-15/h2-5,7,9-10,13H,6,8,11-12H2,1H3,(H,18,20). The summed E-state index contributed by atoms with van der Waals surface area (Å²) in [6.07, 6.45) is 4.61. The molecule has 1 amide bonds. The molecular weight excluding hydrogens is 312 g/mol. The highest BCUT2D eigenvalue weighted by Crippen LogP contribution is 2.24. The molecule has 0 radical (unpaired) electrons. The van der Waals surface area contributed by atoms with Gasteiger partial charge >= 0.3 is 0 Å². The number of thiophene rings is 2. The first-order valence-corrected chi connectivity index (χ1v) is 9.27. The van der Waals surface area contributed by atoms with Gasteiger partial charge < -0.3 is 5.32 Å². The number of carbonyl (C=O) groups excluding carboxylic acids is 1. The van der Waals surface area contributed by atoms with Crippen molar-refractivity contribution in [2.75, 3.05) is 13.1 Å². The van der Waals surface area contributed by atoms with Gasteiger partial charge in [-0.05, 0) is 47.9 Å². The highest BCUT2D eigenvalue weighted by molar-refractivity contribution is 7.10. The average Bonchev–Trinajstić information content (AvgIpc) is 3.20. The van der Waals surface area contributed by atoms with Gasteiger partial charge in [0.15, 0.2) is 0 Å². The molecule has 0 spiro atoms. The van der Waals surface area contributed by atoms with E-state index in [0.717, 1.165) is 24.4 Å². The van der Waals surface area contributed by atoms with Crippen LogP contribution in [0.25, 0.3) is 6.08 Å². The van der Waals surface area contributed by atoms with Crippen LogP contribution in [0.3, 0.4) is 0 Å². The molecular formula is C17H20N2OS2. The van der Waals surface area contributed by atoms with E-state index in [1.54, 1.807) is 17.4 Å². The van der Waals surface area contributed by atoms with Crippen LogP contribution in [0.15, 0.2) is 35.0 Å². The maximum absolute atomic E-state index is 11.9. The van der Waals surface area contributed by atoms with Crippen LogP contribution in [-0.2, 0) is 17.8 Å². The van der Waals surface area contributed by atoms with Gasteiger partial charge in [-0.25, -0.2) is 0 Å². The Morgan fingerprint density at radius 3 is 3.14 bits per heavy atom. The number of amides is 1. The van der Waals surface area contributed by atoms with Gasteiger partial charge in [-0.3, -0.25) is 9.69 Å². The van der Waals surface area contributed by atoms with E-state index in [1.807, 2.05) is 34.9 Å². The number of hydrogen-bond acceptors (Lipinski definition) is 4. The fourth-order valence-electron chi connectivity index (χ4n) is 2.63. The minimum atomic E-state index is -0.0199. The Hall–Kier alpha value is -1.43. The molecule has 0 bridgehead atoms. The largest absolute Gasteiger partial charge is 0.351 e. The molecule has 5 heteroatoms.